The van der Waals surface area contributed by atoms with Crippen molar-refractivity contribution in [3.8, 4) is 35.5 Å². The molecule has 0 aliphatic heterocycles. The van der Waals surface area contributed by atoms with E-state index in [-0.39, 0.29) is 16.7 Å². The van der Waals surface area contributed by atoms with Gasteiger partial charge < -0.3 is 4.74 Å². The lowest BCUT2D eigenvalue weighted by molar-refractivity contribution is -0.224. The van der Waals surface area contributed by atoms with Gasteiger partial charge in [0, 0.05) is 22.6 Å². The number of alkyl halides is 5. The van der Waals surface area contributed by atoms with Gasteiger partial charge >= 0.3 is 12.3 Å². The first-order valence-corrected chi connectivity index (χ1v) is 14.1. The number of aryl methyl sites for hydroxylation is 1. The molecule has 0 saturated carbocycles. The van der Waals surface area contributed by atoms with Gasteiger partial charge in [0.1, 0.15) is 46.2 Å². The van der Waals surface area contributed by atoms with Crippen LogP contribution in [-0.4, -0.2) is 6.18 Å². The molecular weight excluding hydrogens is 681 g/mol. The SMILES string of the molecule is C/C=C(\C=C/c1ccc(F)c(C#CC(F)(F)F)c1F)OC(F)(F)c1c(F)cc(C#Cc2ccc(C#Cc3ccc(C)cc3F)cc2F)cc1F. The quantitative estimate of drug-likeness (QED) is 0.0872. The summed E-state index contributed by atoms with van der Waals surface area (Å²) in [5, 5.41) is 0. The number of allylic oxidation sites excluding steroid dienone is 2. The Kier molecular flexibility index (Phi) is 11.1. The maximum Gasteiger partial charge on any atom is 0.458 e. The third kappa shape index (κ3) is 9.36. The van der Waals surface area contributed by atoms with E-state index in [4.69, 9.17) is 0 Å². The highest BCUT2D eigenvalue weighted by atomic mass is 19.4. The van der Waals surface area contributed by atoms with Crippen LogP contribution in [0.5, 0.6) is 0 Å². The second-order valence-electron chi connectivity index (χ2n) is 10.2. The van der Waals surface area contributed by atoms with Crippen LogP contribution in [0.1, 0.15) is 51.4 Å². The second kappa shape index (κ2) is 15.1. The number of hydrogen-bond acceptors (Lipinski definition) is 1. The third-order valence-corrected chi connectivity index (χ3v) is 6.52. The van der Waals surface area contributed by atoms with E-state index in [1.165, 1.54) is 37.1 Å². The summed E-state index contributed by atoms with van der Waals surface area (Å²) in [4.78, 5) is 0. The van der Waals surface area contributed by atoms with E-state index in [9.17, 15) is 48.3 Å². The van der Waals surface area contributed by atoms with Crippen molar-refractivity contribution in [3.05, 3.63) is 158 Å². The molecule has 0 aliphatic rings. The third-order valence-electron chi connectivity index (χ3n) is 6.52. The van der Waals surface area contributed by atoms with Gasteiger partial charge in [-0.25, -0.2) is 26.3 Å². The fourth-order valence-corrected chi connectivity index (χ4v) is 4.12. The van der Waals surface area contributed by atoms with Crippen molar-refractivity contribution in [2.75, 3.05) is 0 Å². The highest BCUT2D eigenvalue weighted by Gasteiger charge is 2.41. The fourth-order valence-electron chi connectivity index (χ4n) is 4.12. The Balaban J connectivity index is 1.53. The van der Waals surface area contributed by atoms with Crippen LogP contribution in [0.2, 0.25) is 0 Å². The summed E-state index contributed by atoms with van der Waals surface area (Å²) in [7, 11) is 0. The van der Waals surface area contributed by atoms with Crippen molar-refractivity contribution in [1.82, 2.24) is 0 Å². The Morgan fingerprint density at radius 1 is 0.640 bits per heavy atom. The molecule has 0 heterocycles. The van der Waals surface area contributed by atoms with E-state index in [1.807, 2.05) is 0 Å². The number of benzene rings is 4. The average molecular weight is 701 g/mol. The maximum atomic E-state index is 15.0. The molecule has 0 radical (unpaired) electrons. The highest BCUT2D eigenvalue weighted by molar-refractivity contribution is 5.57. The monoisotopic (exact) mass is 700 g/mol. The van der Waals surface area contributed by atoms with E-state index in [0.717, 1.165) is 30.2 Å². The molecule has 0 fully saturated rings. The molecule has 0 aliphatic carbocycles. The van der Waals surface area contributed by atoms with Gasteiger partial charge in [0.05, 0.1) is 16.7 Å². The van der Waals surface area contributed by atoms with Crippen molar-refractivity contribution >= 4 is 6.08 Å². The van der Waals surface area contributed by atoms with Crippen LogP contribution in [0.3, 0.4) is 0 Å². The molecule has 0 saturated heterocycles. The van der Waals surface area contributed by atoms with Gasteiger partial charge in [-0.2, -0.15) is 22.0 Å². The summed E-state index contributed by atoms with van der Waals surface area (Å²) in [6.45, 7) is 2.87. The Bertz CT molecular complexity index is 2190. The van der Waals surface area contributed by atoms with Crippen LogP contribution in [0.4, 0.5) is 48.3 Å². The molecular formula is C38H19F11O. The lowest BCUT2D eigenvalue weighted by Gasteiger charge is -2.20. The Morgan fingerprint density at radius 3 is 1.80 bits per heavy atom. The lowest BCUT2D eigenvalue weighted by Crippen LogP contribution is -2.21. The molecule has 50 heavy (non-hydrogen) atoms. The molecule has 4 aromatic rings. The summed E-state index contributed by atoms with van der Waals surface area (Å²) >= 11 is 0. The smallest absolute Gasteiger partial charge is 0.429 e. The fraction of sp³-hybridized carbons (Fsp3) is 0.105. The molecule has 254 valence electrons. The minimum absolute atomic E-state index is 0.0948. The molecule has 4 aromatic carbocycles. The van der Waals surface area contributed by atoms with Crippen LogP contribution in [0, 0.1) is 77.3 Å². The molecule has 12 heteroatoms. The molecule has 1 nitrogen and oxygen atoms in total. The summed E-state index contributed by atoms with van der Waals surface area (Å²) in [6.07, 6.45) is -7.37. The van der Waals surface area contributed by atoms with Gasteiger partial charge in [-0.3, -0.25) is 0 Å². The zero-order valence-corrected chi connectivity index (χ0v) is 25.6. The largest absolute Gasteiger partial charge is 0.458 e. The average Bonchev–Trinajstić information content (AvgIpc) is 3.01. The van der Waals surface area contributed by atoms with Gasteiger partial charge in [0.2, 0.25) is 0 Å². The summed E-state index contributed by atoms with van der Waals surface area (Å²) in [5.74, 6) is 3.14. The van der Waals surface area contributed by atoms with E-state index >= 15 is 0 Å². The van der Waals surface area contributed by atoms with Crippen LogP contribution in [0.25, 0.3) is 6.08 Å². The normalized spacial score (nSPS) is 11.7. The van der Waals surface area contributed by atoms with Crippen molar-refractivity contribution < 1.29 is 53.0 Å². The Hall–Kier alpha value is -5.93. The first-order chi connectivity index (χ1) is 23.5. The predicted molar refractivity (Wildman–Crippen MR) is 163 cm³/mol. The first kappa shape index (κ1) is 36.9. The van der Waals surface area contributed by atoms with Crippen LogP contribution < -0.4 is 0 Å². The predicted octanol–water partition coefficient (Wildman–Crippen LogP) is 10.2. The van der Waals surface area contributed by atoms with E-state index in [2.05, 4.69) is 28.4 Å². The minimum atomic E-state index is -5.05. The van der Waals surface area contributed by atoms with E-state index in [0.29, 0.717) is 29.8 Å². The Morgan fingerprint density at radius 2 is 1.22 bits per heavy atom. The summed E-state index contributed by atoms with van der Waals surface area (Å²) < 4.78 is 158. The minimum Gasteiger partial charge on any atom is -0.429 e. The summed E-state index contributed by atoms with van der Waals surface area (Å²) in [5.41, 5.74) is -3.33. The molecule has 4 rings (SSSR count). The molecule has 0 spiro atoms. The number of ether oxygens (including phenoxy) is 1. The molecule has 0 aromatic heterocycles. The number of rotatable bonds is 5. The first-order valence-electron chi connectivity index (χ1n) is 14.1. The highest BCUT2D eigenvalue weighted by Crippen LogP contribution is 2.36. The van der Waals surface area contributed by atoms with Crippen LogP contribution in [0.15, 0.2) is 78.6 Å². The van der Waals surface area contributed by atoms with Gasteiger partial charge in [-0.05, 0) is 92.2 Å². The van der Waals surface area contributed by atoms with Gasteiger partial charge in [0.25, 0.3) is 0 Å². The molecule has 0 N–H and O–H groups in total. The van der Waals surface area contributed by atoms with Crippen molar-refractivity contribution in [2.45, 2.75) is 26.1 Å². The van der Waals surface area contributed by atoms with E-state index in [1.54, 1.807) is 13.0 Å². The zero-order chi connectivity index (χ0) is 36.8. The van der Waals surface area contributed by atoms with Crippen molar-refractivity contribution in [3.63, 3.8) is 0 Å². The molecule has 0 amide bonds. The number of hydrogen-bond donors (Lipinski definition) is 0. The van der Waals surface area contributed by atoms with E-state index < -0.39 is 75.2 Å². The number of halogens is 11. The van der Waals surface area contributed by atoms with Crippen molar-refractivity contribution in [1.29, 1.82) is 0 Å². The second-order valence-corrected chi connectivity index (χ2v) is 10.2. The maximum absolute atomic E-state index is 15.0. The standard InChI is InChI=1S/C38H19F11O/c1-3-28(14-12-27-13-15-30(39)29(36(27)44)16-17-37(45,46)47)50-38(48,49)35-33(42)20-24(21-34(35)43)7-11-26-10-6-23(19-32(26)41)5-9-25-8-4-22(2)18-31(25)40/h3-4,6,8,10,12-15,18-21H,1-2H3/b14-12-,28-3+. The topological polar surface area (TPSA) is 9.23 Å². The lowest BCUT2D eigenvalue weighted by atomic mass is 10.1. The molecule has 0 bridgehead atoms. The summed E-state index contributed by atoms with van der Waals surface area (Å²) in [6, 6.07) is 10.3. The molecule has 0 unspecified atom stereocenters. The van der Waals surface area contributed by atoms with Gasteiger partial charge in [-0.15, -0.1) is 0 Å². The Labute approximate surface area is 278 Å². The molecule has 0 atom stereocenters. The van der Waals surface area contributed by atoms with Crippen LogP contribution >= 0.6 is 0 Å². The van der Waals surface area contributed by atoms with Crippen LogP contribution in [-0.2, 0) is 10.8 Å². The zero-order valence-electron chi connectivity index (χ0n) is 25.6. The van der Waals surface area contributed by atoms with Crippen molar-refractivity contribution in [2.24, 2.45) is 0 Å². The van der Waals surface area contributed by atoms with Gasteiger partial charge in [0.15, 0.2) is 0 Å². The van der Waals surface area contributed by atoms with Gasteiger partial charge in [-0.1, -0.05) is 35.7 Å².